The van der Waals surface area contributed by atoms with Crippen molar-refractivity contribution in [3.05, 3.63) is 39.9 Å². The van der Waals surface area contributed by atoms with E-state index in [1.165, 1.54) is 0 Å². The first-order valence-corrected chi connectivity index (χ1v) is 5.11. The molecule has 1 rings (SSSR count). The van der Waals surface area contributed by atoms with E-state index < -0.39 is 0 Å². The summed E-state index contributed by atoms with van der Waals surface area (Å²) in [6.45, 7) is 4.15. The Morgan fingerprint density at radius 3 is 2.64 bits per heavy atom. The summed E-state index contributed by atoms with van der Waals surface area (Å²) >= 11 is 5.93. The van der Waals surface area contributed by atoms with Crippen molar-refractivity contribution in [2.24, 2.45) is 0 Å². The molecular formula is C12H15ClO. The van der Waals surface area contributed by atoms with Gasteiger partial charge in [-0.05, 0) is 42.2 Å². The minimum atomic E-state index is 0.113. The van der Waals surface area contributed by atoms with E-state index in [1.807, 2.05) is 32.1 Å². The number of aryl methyl sites for hydroxylation is 1. The van der Waals surface area contributed by atoms with Gasteiger partial charge in [0, 0.05) is 5.02 Å². The van der Waals surface area contributed by atoms with Crippen molar-refractivity contribution in [2.75, 3.05) is 6.61 Å². The van der Waals surface area contributed by atoms with Crippen LogP contribution in [0.5, 0.6) is 0 Å². The van der Waals surface area contributed by atoms with Gasteiger partial charge in [0.2, 0.25) is 0 Å². The van der Waals surface area contributed by atoms with Gasteiger partial charge in [0.05, 0.1) is 6.61 Å². The molecule has 0 heterocycles. The predicted octanol–water partition coefficient (Wildman–Crippen LogP) is 3.43. The summed E-state index contributed by atoms with van der Waals surface area (Å²) < 4.78 is 0. The predicted molar refractivity (Wildman–Crippen MR) is 61.5 cm³/mol. The van der Waals surface area contributed by atoms with Gasteiger partial charge in [0.15, 0.2) is 0 Å². The van der Waals surface area contributed by atoms with Crippen LogP contribution in [-0.2, 0) is 0 Å². The fourth-order valence-corrected chi connectivity index (χ4v) is 1.64. The summed E-state index contributed by atoms with van der Waals surface area (Å²) in [5.74, 6) is 0. The molecule has 14 heavy (non-hydrogen) atoms. The van der Waals surface area contributed by atoms with Gasteiger partial charge >= 0.3 is 0 Å². The molecule has 0 bridgehead atoms. The fourth-order valence-electron chi connectivity index (χ4n) is 1.34. The standard InChI is InChI=1S/C12H15ClO/c1-3-10(8-14)6-11-4-9(2)5-12(13)7-11/h4-7,14H,3,8H2,1-2H3/b10-6-. The molecule has 0 atom stereocenters. The number of aliphatic hydroxyl groups is 1. The summed E-state index contributed by atoms with van der Waals surface area (Å²) in [5, 5.41) is 9.77. The van der Waals surface area contributed by atoms with Gasteiger partial charge in [-0.15, -0.1) is 0 Å². The maximum Gasteiger partial charge on any atom is 0.0644 e. The second-order valence-electron chi connectivity index (χ2n) is 3.38. The summed E-state index contributed by atoms with van der Waals surface area (Å²) in [7, 11) is 0. The van der Waals surface area contributed by atoms with E-state index in [-0.39, 0.29) is 6.61 Å². The molecule has 1 nitrogen and oxygen atoms in total. The van der Waals surface area contributed by atoms with E-state index >= 15 is 0 Å². The third kappa shape index (κ3) is 3.17. The van der Waals surface area contributed by atoms with Crippen molar-refractivity contribution < 1.29 is 5.11 Å². The Bertz CT molecular complexity index is 316. The van der Waals surface area contributed by atoms with Gasteiger partial charge in [0.1, 0.15) is 0 Å². The van der Waals surface area contributed by atoms with E-state index in [1.54, 1.807) is 0 Å². The van der Waals surface area contributed by atoms with Crippen LogP contribution in [0.15, 0.2) is 23.8 Å². The first-order chi connectivity index (χ1) is 6.65. The molecule has 2 heteroatoms. The molecule has 1 aromatic carbocycles. The molecule has 0 saturated heterocycles. The highest BCUT2D eigenvalue weighted by molar-refractivity contribution is 6.30. The van der Waals surface area contributed by atoms with Crippen molar-refractivity contribution in [3.63, 3.8) is 0 Å². The Labute approximate surface area is 90.0 Å². The SMILES string of the molecule is CC/C(=C/c1cc(C)cc(Cl)c1)CO. The highest BCUT2D eigenvalue weighted by Crippen LogP contribution is 2.17. The minimum absolute atomic E-state index is 0.113. The van der Waals surface area contributed by atoms with Gasteiger partial charge in [-0.1, -0.05) is 30.7 Å². The van der Waals surface area contributed by atoms with Gasteiger partial charge in [-0.2, -0.15) is 0 Å². The van der Waals surface area contributed by atoms with Crippen LogP contribution in [0.2, 0.25) is 5.02 Å². The lowest BCUT2D eigenvalue weighted by molar-refractivity contribution is 0.329. The summed E-state index contributed by atoms with van der Waals surface area (Å²) in [6.07, 6.45) is 2.85. The zero-order valence-corrected chi connectivity index (χ0v) is 9.30. The van der Waals surface area contributed by atoms with E-state index in [0.717, 1.165) is 28.1 Å². The molecule has 0 radical (unpaired) electrons. The van der Waals surface area contributed by atoms with Crippen LogP contribution < -0.4 is 0 Å². The second-order valence-corrected chi connectivity index (χ2v) is 3.81. The average molecular weight is 211 g/mol. The van der Waals surface area contributed by atoms with Crippen molar-refractivity contribution in [3.8, 4) is 0 Å². The molecule has 0 fully saturated rings. The highest BCUT2D eigenvalue weighted by Gasteiger charge is 1.96. The first-order valence-electron chi connectivity index (χ1n) is 4.73. The smallest absolute Gasteiger partial charge is 0.0644 e. The topological polar surface area (TPSA) is 20.2 Å². The van der Waals surface area contributed by atoms with E-state index in [9.17, 15) is 0 Å². The maximum absolute atomic E-state index is 9.02. The lowest BCUT2D eigenvalue weighted by Crippen LogP contribution is -1.88. The lowest BCUT2D eigenvalue weighted by atomic mass is 10.1. The molecule has 0 unspecified atom stereocenters. The maximum atomic E-state index is 9.02. The number of hydrogen-bond donors (Lipinski definition) is 1. The van der Waals surface area contributed by atoms with Crippen LogP contribution in [0.3, 0.4) is 0 Å². The molecule has 0 spiro atoms. The van der Waals surface area contributed by atoms with Crippen molar-refractivity contribution in [2.45, 2.75) is 20.3 Å². The summed E-state index contributed by atoms with van der Waals surface area (Å²) in [4.78, 5) is 0. The van der Waals surface area contributed by atoms with Crippen molar-refractivity contribution in [1.29, 1.82) is 0 Å². The van der Waals surface area contributed by atoms with Crippen LogP contribution in [0.1, 0.15) is 24.5 Å². The third-order valence-electron chi connectivity index (χ3n) is 2.09. The van der Waals surface area contributed by atoms with Crippen LogP contribution in [0, 0.1) is 6.92 Å². The number of halogens is 1. The Morgan fingerprint density at radius 2 is 2.14 bits per heavy atom. The molecule has 0 aliphatic rings. The molecule has 0 saturated carbocycles. The molecule has 0 aliphatic heterocycles. The van der Waals surface area contributed by atoms with Gasteiger partial charge in [0.25, 0.3) is 0 Å². The Hall–Kier alpha value is -0.790. The number of aliphatic hydroxyl groups excluding tert-OH is 1. The van der Waals surface area contributed by atoms with Crippen molar-refractivity contribution in [1.82, 2.24) is 0 Å². The number of hydrogen-bond acceptors (Lipinski definition) is 1. The third-order valence-corrected chi connectivity index (χ3v) is 2.31. The second kappa shape index (κ2) is 5.18. The molecule has 0 amide bonds. The normalized spacial score (nSPS) is 11.9. The van der Waals surface area contributed by atoms with E-state index in [0.29, 0.717) is 0 Å². The summed E-state index contributed by atoms with van der Waals surface area (Å²) in [5.41, 5.74) is 3.21. The van der Waals surface area contributed by atoms with Crippen molar-refractivity contribution >= 4 is 17.7 Å². The monoisotopic (exact) mass is 210 g/mol. The van der Waals surface area contributed by atoms with E-state index in [4.69, 9.17) is 16.7 Å². The Balaban J connectivity index is 3.01. The summed E-state index contributed by atoms with van der Waals surface area (Å²) in [6, 6.07) is 5.88. The van der Waals surface area contributed by atoms with Gasteiger partial charge in [-0.3, -0.25) is 0 Å². The number of rotatable bonds is 3. The molecule has 1 N–H and O–H groups in total. The van der Waals surface area contributed by atoms with E-state index in [2.05, 4.69) is 6.07 Å². The van der Waals surface area contributed by atoms with Gasteiger partial charge < -0.3 is 5.11 Å². The quantitative estimate of drug-likeness (QED) is 0.811. The first kappa shape index (κ1) is 11.3. The molecule has 0 aromatic heterocycles. The van der Waals surface area contributed by atoms with Crippen LogP contribution in [-0.4, -0.2) is 11.7 Å². The minimum Gasteiger partial charge on any atom is -0.392 e. The molecular weight excluding hydrogens is 196 g/mol. The highest BCUT2D eigenvalue weighted by atomic mass is 35.5. The van der Waals surface area contributed by atoms with Gasteiger partial charge in [-0.25, -0.2) is 0 Å². The zero-order chi connectivity index (χ0) is 10.6. The number of benzene rings is 1. The van der Waals surface area contributed by atoms with Crippen LogP contribution in [0.4, 0.5) is 0 Å². The molecule has 76 valence electrons. The zero-order valence-electron chi connectivity index (χ0n) is 8.55. The average Bonchev–Trinajstić information content (AvgIpc) is 2.12. The molecule has 1 aromatic rings. The largest absolute Gasteiger partial charge is 0.392 e. The Morgan fingerprint density at radius 1 is 1.43 bits per heavy atom. The Kier molecular flexibility index (Phi) is 4.18. The lowest BCUT2D eigenvalue weighted by Gasteiger charge is -2.02. The molecule has 0 aliphatic carbocycles. The van der Waals surface area contributed by atoms with Crippen LogP contribution >= 0.6 is 11.6 Å². The fraction of sp³-hybridized carbons (Fsp3) is 0.333. The van der Waals surface area contributed by atoms with Crippen LogP contribution in [0.25, 0.3) is 6.08 Å².